The molecule has 0 heterocycles. The smallest absolute Gasteiger partial charge is 0.227 e. The molecule has 0 radical (unpaired) electrons. The molecule has 0 saturated heterocycles. The zero-order valence-corrected chi connectivity index (χ0v) is 12.0. The first-order valence-electron chi connectivity index (χ1n) is 5.74. The molecule has 1 aromatic rings. The van der Waals surface area contributed by atoms with E-state index in [9.17, 15) is 13.6 Å². The number of benzene rings is 1. The van der Waals surface area contributed by atoms with E-state index < -0.39 is 23.1 Å². The van der Waals surface area contributed by atoms with Gasteiger partial charge in [-0.1, -0.05) is 6.07 Å². The maximum absolute atomic E-state index is 13.1. The highest BCUT2D eigenvalue weighted by Gasteiger charge is 2.27. The minimum atomic E-state index is -0.924. The SMILES string of the molecule is CC(NC(=O)C(C)(C)CN)c1ccc(F)c(F)c1.Cl. The van der Waals surface area contributed by atoms with E-state index in [0.29, 0.717) is 5.56 Å². The largest absolute Gasteiger partial charge is 0.349 e. The van der Waals surface area contributed by atoms with E-state index in [-0.39, 0.29) is 24.9 Å². The standard InChI is InChI=1S/C13H18F2N2O.ClH/c1-8(17-12(18)13(2,3)7-16)9-4-5-10(14)11(15)6-9;/h4-6,8H,7,16H2,1-3H3,(H,17,18);1H. The number of nitrogens with one attached hydrogen (secondary N) is 1. The van der Waals surface area contributed by atoms with Crippen molar-refractivity contribution < 1.29 is 13.6 Å². The summed E-state index contributed by atoms with van der Waals surface area (Å²) in [5, 5.41) is 2.73. The van der Waals surface area contributed by atoms with Crippen LogP contribution in [-0.2, 0) is 4.79 Å². The van der Waals surface area contributed by atoms with Crippen LogP contribution in [0.15, 0.2) is 18.2 Å². The van der Waals surface area contributed by atoms with E-state index in [1.807, 2.05) is 0 Å². The number of rotatable bonds is 4. The number of carbonyl (C=O) groups is 1. The molecule has 3 nitrogen and oxygen atoms in total. The number of amides is 1. The first kappa shape index (κ1) is 17.8. The van der Waals surface area contributed by atoms with Crippen LogP contribution in [0.2, 0.25) is 0 Å². The third-order valence-electron chi connectivity index (χ3n) is 2.92. The molecule has 0 spiro atoms. The van der Waals surface area contributed by atoms with Crippen molar-refractivity contribution in [2.45, 2.75) is 26.8 Å². The Labute approximate surface area is 118 Å². The number of halogens is 3. The topological polar surface area (TPSA) is 55.1 Å². The van der Waals surface area contributed by atoms with Crippen LogP contribution in [-0.4, -0.2) is 12.5 Å². The third-order valence-corrected chi connectivity index (χ3v) is 2.92. The van der Waals surface area contributed by atoms with Crippen LogP contribution >= 0.6 is 12.4 Å². The summed E-state index contributed by atoms with van der Waals surface area (Å²) in [4.78, 5) is 11.9. The van der Waals surface area contributed by atoms with Gasteiger partial charge in [-0.25, -0.2) is 8.78 Å². The fraction of sp³-hybridized carbons (Fsp3) is 0.462. The number of carbonyl (C=O) groups excluding carboxylic acids is 1. The number of hydrogen-bond acceptors (Lipinski definition) is 2. The lowest BCUT2D eigenvalue weighted by molar-refractivity contribution is -0.129. The molecule has 19 heavy (non-hydrogen) atoms. The molecule has 1 aromatic carbocycles. The van der Waals surface area contributed by atoms with Crippen molar-refractivity contribution in [2.24, 2.45) is 11.1 Å². The lowest BCUT2D eigenvalue weighted by Crippen LogP contribution is -2.42. The number of nitrogens with two attached hydrogens (primary N) is 1. The van der Waals surface area contributed by atoms with Crippen LogP contribution in [0.3, 0.4) is 0 Å². The van der Waals surface area contributed by atoms with Crippen molar-refractivity contribution >= 4 is 18.3 Å². The summed E-state index contributed by atoms with van der Waals surface area (Å²) in [6.45, 7) is 5.36. The highest BCUT2D eigenvalue weighted by Crippen LogP contribution is 2.19. The van der Waals surface area contributed by atoms with Crippen molar-refractivity contribution in [1.82, 2.24) is 5.32 Å². The first-order valence-corrected chi connectivity index (χ1v) is 5.74. The lowest BCUT2D eigenvalue weighted by atomic mass is 9.92. The summed E-state index contributed by atoms with van der Waals surface area (Å²) in [7, 11) is 0. The average Bonchev–Trinajstić information content (AvgIpc) is 2.32. The second-order valence-electron chi connectivity index (χ2n) is 4.96. The normalized spacial score (nSPS) is 12.5. The second-order valence-corrected chi connectivity index (χ2v) is 4.96. The highest BCUT2D eigenvalue weighted by molar-refractivity contribution is 5.85. The van der Waals surface area contributed by atoms with E-state index in [0.717, 1.165) is 12.1 Å². The molecule has 1 rings (SSSR count). The first-order chi connectivity index (χ1) is 8.27. The van der Waals surface area contributed by atoms with Crippen LogP contribution in [0.5, 0.6) is 0 Å². The van der Waals surface area contributed by atoms with Crippen LogP contribution in [0, 0.1) is 17.0 Å². The van der Waals surface area contributed by atoms with E-state index >= 15 is 0 Å². The number of hydrogen-bond donors (Lipinski definition) is 2. The Hall–Kier alpha value is -1.20. The molecule has 0 aliphatic heterocycles. The van der Waals surface area contributed by atoms with Gasteiger partial charge in [0.1, 0.15) is 0 Å². The van der Waals surface area contributed by atoms with Gasteiger partial charge in [-0.15, -0.1) is 12.4 Å². The summed E-state index contributed by atoms with van der Waals surface area (Å²) in [5.41, 5.74) is 5.32. The van der Waals surface area contributed by atoms with E-state index in [2.05, 4.69) is 5.32 Å². The van der Waals surface area contributed by atoms with Crippen LogP contribution in [0.25, 0.3) is 0 Å². The fourth-order valence-electron chi connectivity index (χ4n) is 1.35. The zero-order chi connectivity index (χ0) is 13.9. The predicted octanol–water partition coefficient (Wildman–Crippen LogP) is 2.55. The molecule has 0 fully saturated rings. The van der Waals surface area contributed by atoms with Gasteiger partial charge in [0, 0.05) is 6.54 Å². The summed E-state index contributed by atoms with van der Waals surface area (Å²) < 4.78 is 25.9. The molecule has 108 valence electrons. The fourth-order valence-corrected chi connectivity index (χ4v) is 1.35. The van der Waals surface area contributed by atoms with Gasteiger partial charge in [0.2, 0.25) is 5.91 Å². The minimum absolute atomic E-state index is 0. The summed E-state index contributed by atoms with van der Waals surface area (Å²) in [5.74, 6) is -2.05. The molecular weight excluding hydrogens is 274 g/mol. The summed E-state index contributed by atoms with van der Waals surface area (Å²) in [6, 6.07) is 3.16. The minimum Gasteiger partial charge on any atom is -0.349 e. The average molecular weight is 293 g/mol. The highest BCUT2D eigenvalue weighted by atomic mass is 35.5. The van der Waals surface area contributed by atoms with Gasteiger partial charge in [-0.2, -0.15) is 0 Å². The van der Waals surface area contributed by atoms with Gasteiger partial charge >= 0.3 is 0 Å². The Morgan fingerprint density at radius 2 is 1.95 bits per heavy atom. The Bertz CT molecular complexity index is 452. The molecule has 0 bridgehead atoms. The molecule has 3 N–H and O–H groups in total. The van der Waals surface area contributed by atoms with E-state index in [1.54, 1.807) is 20.8 Å². The Kier molecular flexibility index (Phi) is 6.39. The van der Waals surface area contributed by atoms with Gasteiger partial charge in [-0.3, -0.25) is 4.79 Å². The monoisotopic (exact) mass is 292 g/mol. The van der Waals surface area contributed by atoms with Crippen LogP contribution in [0.1, 0.15) is 32.4 Å². The van der Waals surface area contributed by atoms with E-state index in [1.165, 1.54) is 6.07 Å². The van der Waals surface area contributed by atoms with Gasteiger partial charge in [0.05, 0.1) is 11.5 Å². The van der Waals surface area contributed by atoms with Crippen LogP contribution in [0.4, 0.5) is 8.78 Å². The molecule has 1 amide bonds. The van der Waals surface area contributed by atoms with Crippen molar-refractivity contribution in [3.8, 4) is 0 Å². The molecule has 0 aromatic heterocycles. The Balaban J connectivity index is 0.00000324. The second kappa shape index (κ2) is 6.82. The van der Waals surface area contributed by atoms with Gasteiger partial charge in [0.25, 0.3) is 0 Å². The van der Waals surface area contributed by atoms with E-state index in [4.69, 9.17) is 5.73 Å². The molecule has 6 heteroatoms. The summed E-state index contributed by atoms with van der Waals surface area (Å²) in [6.07, 6.45) is 0. The Morgan fingerprint density at radius 1 is 1.37 bits per heavy atom. The molecule has 0 aliphatic carbocycles. The molecule has 0 aliphatic rings. The summed E-state index contributed by atoms with van der Waals surface area (Å²) >= 11 is 0. The van der Waals surface area contributed by atoms with Gasteiger partial charge < -0.3 is 11.1 Å². The van der Waals surface area contributed by atoms with Crippen molar-refractivity contribution in [3.05, 3.63) is 35.4 Å². The molecule has 1 unspecified atom stereocenters. The maximum Gasteiger partial charge on any atom is 0.227 e. The van der Waals surface area contributed by atoms with Gasteiger partial charge in [0.15, 0.2) is 11.6 Å². The molecule has 0 saturated carbocycles. The zero-order valence-electron chi connectivity index (χ0n) is 11.2. The van der Waals surface area contributed by atoms with Crippen molar-refractivity contribution in [2.75, 3.05) is 6.54 Å². The lowest BCUT2D eigenvalue weighted by Gasteiger charge is -2.24. The quantitative estimate of drug-likeness (QED) is 0.896. The maximum atomic E-state index is 13.1. The van der Waals surface area contributed by atoms with Gasteiger partial charge in [-0.05, 0) is 38.5 Å². The Morgan fingerprint density at radius 3 is 2.42 bits per heavy atom. The van der Waals surface area contributed by atoms with Crippen molar-refractivity contribution in [1.29, 1.82) is 0 Å². The predicted molar refractivity (Wildman–Crippen MR) is 73.0 cm³/mol. The third kappa shape index (κ3) is 4.44. The van der Waals surface area contributed by atoms with Crippen molar-refractivity contribution in [3.63, 3.8) is 0 Å². The molecule has 1 atom stereocenters. The van der Waals surface area contributed by atoms with Crippen LogP contribution < -0.4 is 11.1 Å². The molecular formula is C13H19ClF2N2O.